The van der Waals surface area contributed by atoms with Crippen LogP contribution >= 0.6 is 0 Å². The highest BCUT2D eigenvalue weighted by molar-refractivity contribution is 5.82. The van der Waals surface area contributed by atoms with Crippen molar-refractivity contribution in [1.29, 1.82) is 5.26 Å². The quantitative estimate of drug-likeness (QED) is 0.835. The molecule has 0 aliphatic carbocycles. The summed E-state index contributed by atoms with van der Waals surface area (Å²) in [6.45, 7) is 5.90. The van der Waals surface area contributed by atoms with E-state index in [-0.39, 0.29) is 11.8 Å². The lowest BCUT2D eigenvalue weighted by atomic mass is 10.0. The van der Waals surface area contributed by atoms with E-state index < -0.39 is 6.10 Å². The average molecular weight is 363 g/mol. The van der Waals surface area contributed by atoms with E-state index in [1.807, 2.05) is 44.0 Å². The molecular formula is C22H25N3O2. The summed E-state index contributed by atoms with van der Waals surface area (Å²) in [5.74, 6) is 0.405. The second-order valence-electron chi connectivity index (χ2n) is 7.20. The Morgan fingerprint density at radius 3 is 2.56 bits per heavy atom. The van der Waals surface area contributed by atoms with Crippen LogP contribution in [0.25, 0.3) is 0 Å². The van der Waals surface area contributed by atoms with Crippen molar-refractivity contribution in [3.8, 4) is 11.8 Å². The Morgan fingerprint density at radius 1 is 1.11 bits per heavy atom. The summed E-state index contributed by atoms with van der Waals surface area (Å²) >= 11 is 0. The summed E-state index contributed by atoms with van der Waals surface area (Å²) in [7, 11) is 2.05. The lowest BCUT2D eigenvalue weighted by Gasteiger charge is -2.29. The zero-order chi connectivity index (χ0) is 19.4. The van der Waals surface area contributed by atoms with E-state index in [2.05, 4.69) is 23.1 Å². The number of amides is 1. The van der Waals surface area contributed by atoms with E-state index in [1.165, 1.54) is 0 Å². The third-order valence-electron chi connectivity index (χ3n) is 4.89. The van der Waals surface area contributed by atoms with Gasteiger partial charge in [-0.1, -0.05) is 44.2 Å². The van der Waals surface area contributed by atoms with E-state index in [1.54, 1.807) is 18.2 Å². The molecule has 0 bridgehead atoms. The molecule has 5 heteroatoms. The monoisotopic (exact) mass is 363 g/mol. The van der Waals surface area contributed by atoms with Crippen molar-refractivity contribution in [3.05, 3.63) is 59.7 Å². The highest BCUT2D eigenvalue weighted by Crippen LogP contribution is 2.26. The highest BCUT2D eigenvalue weighted by atomic mass is 16.5. The molecule has 0 saturated carbocycles. The molecule has 0 spiro atoms. The molecule has 0 fully saturated rings. The van der Waals surface area contributed by atoms with Crippen LogP contribution in [0, 0.1) is 17.2 Å². The van der Waals surface area contributed by atoms with Gasteiger partial charge < -0.3 is 14.5 Å². The maximum atomic E-state index is 13.3. The summed E-state index contributed by atoms with van der Waals surface area (Å²) in [6.07, 6.45) is -0.630. The number of para-hydroxylation sites is 2. The fourth-order valence-corrected chi connectivity index (χ4v) is 3.33. The highest BCUT2D eigenvalue weighted by Gasteiger charge is 2.31. The van der Waals surface area contributed by atoms with Gasteiger partial charge in [0.2, 0.25) is 0 Å². The number of nitriles is 1. The minimum Gasteiger partial charge on any atom is -0.479 e. The third kappa shape index (κ3) is 4.06. The molecule has 3 rings (SSSR count). The van der Waals surface area contributed by atoms with Crippen LogP contribution < -0.4 is 9.64 Å². The van der Waals surface area contributed by atoms with Crippen molar-refractivity contribution in [1.82, 2.24) is 4.90 Å². The van der Waals surface area contributed by atoms with E-state index >= 15 is 0 Å². The van der Waals surface area contributed by atoms with Crippen LogP contribution in [0.5, 0.6) is 5.75 Å². The van der Waals surface area contributed by atoms with Crippen LogP contribution in [0.2, 0.25) is 0 Å². The molecule has 1 aliphatic heterocycles. The number of hydrogen-bond donors (Lipinski definition) is 0. The number of nitrogens with zero attached hydrogens (tertiary/aromatic N) is 3. The SMILES string of the molecule is CC(C)C(Oc1ccccc1C#N)C(=O)N1CCN(C)c2ccccc2C1. The second kappa shape index (κ2) is 8.13. The van der Waals surface area contributed by atoms with Crippen molar-refractivity contribution in [3.63, 3.8) is 0 Å². The summed E-state index contributed by atoms with van der Waals surface area (Å²) < 4.78 is 6.04. The van der Waals surface area contributed by atoms with Gasteiger partial charge in [-0.05, 0) is 29.7 Å². The predicted octanol–water partition coefficient (Wildman–Crippen LogP) is 3.44. The number of hydrogen-bond acceptors (Lipinski definition) is 4. The molecule has 140 valence electrons. The number of benzene rings is 2. The van der Waals surface area contributed by atoms with Crippen LogP contribution in [0.4, 0.5) is 5.69 Å². The number of likely N-dealkylation sites (N-methyl/N-ethyl adjacent to an activating group) is 1. The zero-order valence-electron chi connectivity index (χ0n) is 16.1. The molecule has 5 nitrogen and oxygen atoms in total. The van der Waals surface area contributed by atoms with Gasteiger partial charge in [0, 0.05) is 32.4 Å². The number of fused-ring (bicyclic) bond motifs is 1. The molecule has 0 saturated heterocycles. The fraction of sp³-hybridized carbons (Fsp3) is 0.364. The molecule has 0 radical (unpaired) electrons. The van der Waals surface area contributed by atoms with Gasteiger partial charge >= 0.3 is 0 Å². The third-order valence-corrected chi connectivity index (χ3v) is 4.89. The summed E-state index contributed by atoms with van der Waals surface area (Å²) in [5, 5.41) is 9.30. The van der Waals surface area contributed by atoms with Crippen molar-refractivity contribution in [2.24, 2.45) is 5.92 Å². The van der Waals surface area contributed by atoms with Gasteiger partial charge in [0.1, 0.15) is 11.8 Å². The Labute approximate surface area is 160 Å². The summed E-state index contributed by atoms with van der Waals surface area (Å²) in [4.78, 5) is 17.4. The first kappa shape index (κ1) is 18.8. The number of rotatable bonds is 4. The molecule has 0 aromatic heterocycles. The van der Waals surface area contributed by atoms with Gasteiger partial charge in [0.15, 0.2) is 6.10 Å². The standard InChI is InChI=1S/C22H25N3O2/c1-16(2)21(27-20-11-7-5-8-17(20)14-23)22(26)25-13-12-24(3)19-10-6-4-9-18(19)15-25/h4-11,16,21H,12-13,15H2,1-3H3. The first-order valence-corrected chi connectivity index (χ1v) is 9.25. The Balaban J connectivity index is 1.84. The van der Waals surface area contributed by atoms with E-state index in [0.29, 0.717) is 24.4 Å². The Bertz CT molecular complexity index is 857. The van der Waals surface area contributed by atoms with Crippen molar-refractivity contribution >= 4 is 11.6 Å². The predicted molar refractivity (Wildman–Crippen MR) is 106 cm³/mol. The Hall–Kier alpha value is -3.00. The molecule has 1 atom stereocenters. The first-order valence-electron chi connectivity index (χ1n) is 9.25. The minimum absolute atomic E-state index is 0.0134. The number of anilines is 1. The van der Waals surface area contributed by atoms with Gasteiger partial charge in [0.25, 0.3) is 5.91 Å². The maximum Gasteiger partial charge on any atom is 0.264 e. The summed E-state index contributed by atoms with van der Waals surface area (Å²) in [6, 6.07) is 17.4. The topological polar surface area (TPSA) is 56.6 Å². The van der Waals surface area contributed by atoms with Gasteiger partial charge in [0.05, 0.1) is 5.56 Å². The van der Waals surface area contributed by atoms with Crippen LogP contribution in [0.3, 0.4) is 0 Å². The largest absolute Gasteiger partial charge is 0.479 e. The molecule has 27 heavy (non-hydrogen) atoms. The lowest BCUT2D eigenvalue weighted by Crippen LogP contribution is -2.45. The van der Waals surface area contributed by atoms with Gasteiger partial charge in [-0.25, -0.2) is 0 Å². The number of carbonyl (C=O) groups is 1. The smallest absolute Gasteiger partial charge is 0.264 e. The fourth-order valence-electron chi connectivity index (χ4n) is 3.33. The second-order valence-corrected chi connectivity index (χ2v) is 7.20. The van der Waals surface area contributed by atoms with Crippen LogP contribution in [0.1, 0.15) is 25.0 Å². The lowest BCUT2D eigenvalue weighted by molar-refractivity contribution is -0.141. The Kier molecular flexibility index (Phi) is 5.66. The minimum atomic E-state index is -0.630. The van der Waals surface area contributed by atoms with Crippen LogP contribution in [-0.4, -0.2) is 37.0 Å². The molecule has 2 aromatic rings. The van der Waals surface area contributed by atoms with Gasteiger partial charge in [-0.3, -0.25) is 4.79 Å². The first-order chi connectivity index (χ1) is 13.0. The van der Waals surface area contributed by atoms with Gasteiger partial charge in [-0.15, -0.1) is 0 Å². The normalized spacial score (nSPS) is 14.9. The molecule has 1 amide bonds. The van der Waals surface area contributed by atoms with E-state index in [9.17, 15) is 10.1 Å². The molecule has 0 N–H and O–H groups in total. The van der Waals surface area contributed by atoms with Crippen LogP contribution in [-0.2, 0) is 11.3 Å². The van der Waals surface area contributed by atoms with Crippen molar-refractivity contribution < 1.29 is 9.53 Å². The number of carbonyl (C=O) groups excluding carboxylic acids is 1. The average Bonchev–Trinajstić information content (AvgIpc) is 2.85. The summed E-state index contributed by atoms with van der Waals surface area (Å²) in [5.41, 5.74) is 2.73. The van der Waals surface area contributed by atoms with E-state index in [4.69, 9.17) is 4.74 Å². The van der Waals surface area contributed by atoms with Crippen molar-refractivity contribution in [2.45, 2.75) is 26.5 Å². The molecule has 2 aromatic carbocycles. The molecule has 1 unspecified atom stereocenters. The van der Waals surface area contributed by atoms with Crippen LogP contribution in [0.15, 0.2) is 48.5 Å². The zero-order valence-corrected chi connectivity index (χ0v) is 16.1. The van der Waals surface area contributed by atoms with Crippen molar-refractivity contribution in [2.75, 3.05) is 25.0 Å². The van der Waals surface area contributed by atoms with E-state index in [0.717, 1.165) is 17.8 Å². The van der Waals surface area contributed by atoms with Gasteiger partial charge in [-0.2, -0.15) is 5.26 Å². The molecule has 1 heterocycles. The molecular weight excluding hydrogens is 338 g/mol. The Morgan fingerprint density at radius 2 is 1.81 bits per heavy atom. The maximum absolute atomic E-state index is 13.3. The molecule has 1 aliphatic rings. The number of ether oxygens (including phenoxy) is 1.